The Balaban J connectivity index is 2.10. The predicted octanol–water partition coefficient (Wildman–Crippen LogP) is 3.59. The van der Waals surface area contributed by atoms with Crippen molar-refractivity contribution >= 4 is 11.9 Å². The Labute approximate surface area is 134 Å². The first kappa shape index (κ1) is 16.5. The van der Waals surface area contributed by atoms with Crippen LogP contribution in [0.15, 0.2) is 42.5 Å². The van der Waals surface area contributed by atoms with Crippen molar-refractivity contribution in [2.24, 2.45) is 0 Å². The molecule has 0 amide bonds. The van der Waals surface area contributed by atoms with E-state index in [0.29, 0.717) is 24.3 Å². The van der Waals surface area contributed by atoms with E-state index in [0.717, 1.165) is 11.1 Å². The number of benzene rings is 2. The van der Waals surface area contributed by atoms with Crippen LogP contribution in [0.5, 0.6) is 11.5 Å². The zero-order valence-corrected chi connectivity index (χ0v) is 13.0. The smallest absolute Gasteiger partial charge is 0.335 e. The van der Waals surface area contributed by atoms with Gasteiger partial charge in [0.05, 0.1) is 12.7 Å². The van der Waals surface area contributed by atoms with Gasteiger partial charge in [-0.3, -0.25) is 4.79 Å². The van der Waals surface area contributed by atoms with E-state index in [1.165, 1.54) is 19.2 Å². The fourth-order valence-corrected chi connectivity index (χ4v) is 2.18. The number of carboxylic acids is 1. The van der Waals surface area contributed by atoms with Crippen molar-refractivity contribution in [1.29, 1.82) is 0 Å². The highest BCUT2D eigenvalue weighted by molar-refractivity contribution is 5.88. The normalized spacial score (nSPS) is 10.2. The molecule has 2 rings (SSSR count). The maximum Gasteiger partial charge on any atom is 0.335 e. The van der Waals surface area contributed by atoms with Crippen LogP contribution in [0.25, 0.3) is 0 Å². The zero-order chi connectivity index (χ0) is 16.8. The number of hydrogen-bond acceptors (Lipinski definition) is 4. The lowest BCUT2D eigenvalue weighted by atomic mass is 10.0. The van der Waals surface area contributed by atoms with Crippen molar-refractivity contribution in [1.82, 2.24) is 0 Å². The Hall–Kier alpha value is -2.82. The number of ether oxygens (including phenoxy) is 2. The van der Waals surface area contributed by atoms with Gasteiger partial charge in [0, 0.05) is 6.42 Å². The number of carboxylic acid groups (broad SMARTS) is 1. The molecule has 0 atom stereocenters. The standard InChI is InChI=1S/C18H18O5/c1-12-10-16(8-6-13(12)7-9-17(19)22-2)23-15-5-3-4-14(11-15)18(20)21/h3-6,8,10-11H,7,9H2,1-2H3,(H,20,21). The number of carbonyl (C=O) groups excluding carboxylic acids is 1. The minimum absolute atomic E-state index is 0.175. The maximum absolute atomic E-state index is 11.2. The molecule has 120 valence electrons. The molecule has 0 radical (unpaired) electrons. The number of hydrogen-bond donors (Lipinski definition) is 1. The van der Waals surface area contributed by atoms with Crippen LogP contribution in [-0.4, -0.2) is 24.2 Å². The van der Waals surface area contributed by atoms with Gasteiger partial charge in [-0.1, -0.05) is 12.1 Å². The molecule has 2 aromatic carbocycles. The Morgan fingerprint density at radius 1 is 1.09 bits per heavy atom. The first-order valence-electron chi connectivity index (χ1n) is 7.17. The quantitative estimate of drug-likeness (QED) is 0.825. The molecule has 0 aliphatic rings. The van der Waals surface area contributed by atoms with Crippen LogP contribution in [0, 0.1) is 6.92 Å². The number of aromatic carboxylic acids is 1. The summed E-state index contributed by atoms with van der Waals surface area (Å²) in [6.45, 7) is 1.94. The Morgan fingerprint density at radius 3 is 2.48 bits per heavy atom. The molecule has 0 aliphatic heterocycles. The van der Waals surface area contributed by atoms with E-state index in [2.05, 4.69) is 4.74 Å². The monoisotopic (exact) mass is 314 g/mol. The summed E-state index contributed by atoms with van der Waals surface area (Å²) in [4.78, 5) is 22.2. The van der Waals surface area contributed by atoms with E-state index in [9.17, 15) is 9.59 Å². The highest BCUT2D eigenvalue weighted by Gasteiger charge is 2.07. The fraction of sp³-hybridized carbons (Fsp3) is 0.222. The molecule has 2 aromatic rings. The maximum atomic E-state index is 11.2. The molecule has 0 spiro atoms. The second kappa shape index (κ2) is 7.45. The van der Waals surface area contributed by atoms with Crippen LogP contribution in [0.1, 0.15) is 27.9 Å². The van der Waals surface area contributed by atoms with E-state index in [1.54, 1.807) is 18.2 Å². The van der Waals surface area contributed by atoms with Gasteiger partial charge in [0.15, 0.2) is 0 Å². The lowest BCUT2D eigenvalue weighted by Crippen LogP contribution is -2.02. The highest BCUT2D eigenvalue weighted by Crippen LogP contribution is 2.25. The summed E-state index contributed by atoms with van der Waals surface area (Å²) < 4.78 is 10.3. The number of carbonyl (C=O) groups is 2. The molecule has 0 bridgehead atoms. The molecule has 5 nitrogen and oxygen atoms in total. The number of methoxy groups -OCH3 is 1. The summed E-state index contributed by atoms with van der Waals surface area (Å²) in [5.74, 6) is -0.154. The van der Waals surface area contributed by atoms with Gasteiger partial charge in [0.25, 0.3) is 0 Å². The largest absolute Gasteiger partial charge is 0.478 e. The number of rotatable bonds is 6. The Kier molecular flexibility index (Phi) is 5.36. The van der Waals surface area contributed by atoms with Crippen LogP contribution in [0.4, 0.5) is 0 Å². The lowest BCUT2D eigenvalue weighted by molar-refractivity contribution is -0.140. The molecule has 0 aliphatic carbocycles. The molecule has 0 aromatic heterocycles. The van der Waals surface area contributed by atoms with Crippen molar-refractivity contribution in [3.05, 3.63) is 59.2 Å². The molecule has 0 saturated carbocycles. The first-order chi connectivity index (χ1) is 11.0. The van der Waals surface area contributed by atoms with Gasteiger partial charge in [-0.15, -0.1) is 0 Å². The zero-order valence-electron chi connectivity index (χ0n) is 13.0. The number of aryl methyl sites for hydroxylation is 2. The summed E-state index contributed by atoms with van der Waals surface area (Å²) in [5.41, 5.74) is 2.22. The first-order valence-corrected chi connectivity index (χ1v) is 7.17. The van der Waals surface area contributed by atoms with Gasteiger partial charge in [-0.25, -0.2) is 4.79 Å². The second-order valence-electron chi connectivity index (χ2n) is 5.10. The van der Waals surface area contributed by atoms with Crippen molar-refractivity contribution in [3.63, 3.8) is 0 Å². The third-order valence-corrected chi connectivity index (χ3v) is 3.46. The van der Waals surface area contributed by atoms with Gasteiger partial charge in [0.2, 0.25) is 0 Å². The third kappa shape index (κ3) is 4.57. The summed E-state index contributed by atoms with van der Waals surface area (Å²) in [6, 6.07) is 11.9. The van der Waals surface area contributed by atoms with E-state index < -0.39 is 5.97 Å². The lowest BCUT2D eigenvalue weighted by Gasteiger charge is -2.10. The van der Waals surface area contributed by atoms with Crippen LogP contribution < -0.4 is 4.74 Å². The molecule has 0 unspecified atom stereocenters. The van der Waals surface area contributed by atoms with Crippen molar-refractivity contribution in [2.45, 2.75) is 19.8 Å². The van der Waals surface area contributed by atoms with E-state index >= 15 is 0 Å². The molecule has 5 heteroatoms. The van der Waals surface area contributed by atoms with Gasteiger partial charge in [-0.2, -0.15) is 0 Å². The summed E-state index contributed by atoms with van der Waals surface area (Å²) >= 11 is 0. The van der Waals surface area contributed by atoms with Gasteiger partial charge >= 0.3 is 11.9 Å². The summed E-state index contributed by atoms with van der Waals surface area (Å²) in [6.07, 6.45) is 0.936. The molecule has 1 N–H and O–H groups in total. The van der Waals surface area contributed by atoms with Crippen molar-refractivity contribution in [2.75, 3.05) is 7.11 Å². The van der Waals surface area contributed by atoms with Crippen molar-refractivity contribution < 1.29 is 24.2 Å². The minimum atomic E-state index is -0.996. The molecule has 0 heterocycles. The predicted molar refractivity (Wildman–Crippen MR) is 85.0 cm³/mol. The second-order valence-corrected chi connectivity index (χ2v) is 5.10. The number of esters is 1. The molecular formula is C18H18O5. The van der Waals surface area contributed by atoms with Crippen molar-refractivity contribution in [3.8, 4) is 11.5 Å². The van der Waals surface area contributed by atoms with Gasteiger partial charge < -0.3 is 14.6 Å². The third-order valence-electron chi connectivity index (χ3n) is 3.46. The summed E-state index contributed by atoms with van der Waals surface area (Å²) in [5, 5.41) is 8.99. The van der Waals surface area contributed by atoms with Gasteiger partial charge in [-0.05, 0) is 54.8 Å². The fourth-order valence-electron chi connectivity index (χ4n) is 2.18. The van der Waals surface area contributed by atoms with E-state index in [-0.39, 0.29) is 11.5 Å². The summed E-state index contributed by atoms with van der Waals surface area (Å²) in [7, 11) is 1.37. The van der Waals surface area contributed by atoms with Gasteiger partial charge in [0.1, 0.15) is 11.5 Å². The molecule has 23 heavy (non-hydrogen) atoms. The molecule has 0 saturated heterocycles. The van der Waals surface area contributed by atoms with E-state index in [1.807, 2.05) is 19.1 Å². The Morgan fingerprint density at radius 2 is 1.83 bits per heavy atom. The Bertz CT molecular complexity index is 721. The highest BCUT2D eigenvalue weighted by atomic mass is 16.5. The van der Waals surface area contributed by atoms with Crippen LogP contribution in [-0.2, 0) is 16.0 Å². The minimum Gasteiger partial charge on any atom is -0.478 e. The average Bonchev–Trinajstić information content (AvgIpc) is 2.54. The molecular weight excluding hydrogens is 296 g/mol. The average molecular weight is 314 g/mol. The SMILES string of the molecule is COC(=O)CCc1ccc(Oc2cccc(C(=O)O)c2)cc1C. The van der Waals surface area contributed by atoms with Crippen LogP contribution in [0.2, 0.25) is 0 Å². The van der Waals surface area contributed by atoms with Crippen LogP contribution >= 0.6 is 0 Å². The van der Waals surface area contributed by atoms with Crippen LogP contribution in [0.3, 0.4) is 0 Å². The molecule has 0 fully saturated rings. The topological polar surface area (TPSA) is 72.8 Å². The van der Waals surface area contributed by atoms with E-state index in [4.69, 9.17) is 9.84 Å².